The van der Waals surface area contributed by atoms with Crippen LogP contribution in [0.25, 0.3) is 0 Å². The van der Waals surface area contributed by atoms with Gasteiger partial charge in [-0.2, -0.15) is 0 Å². The van der Waals surface area contributed by atoms with E-state index in [1.54, 1.807) is 14.0 Å². The first kappa shape index (κ1) is 20.8. The SMILES string of the molecule is CCCC(NC)C(=O)C(=O)NC(C)C(O)(c1ccccc1)c1ccccc1. The van der Waals surface area contributed by atoms with Gasteiger partial charge in [-0.3, -0.25) is 9.59 Å². The van der Waals surface area contributed by atoms with Crippen molar-refractivity contribution in [3.63, 3.8) is 0 Å². The van der Waals surface area contributed by atoms with Crippen molar-refractivity contribution in [2.24, 2.45) is 0 Å². The summed E-state index contributed by atoms with van der Waals surface area (Å²) in [4.78, 5) is 25.0. The summed E-state index contributed by atoms with van der Waals surface area (Å²) in [6, 6.07) is 17.1. The fraction of sp³-hybridized carbons (Fsp3) is 0.364. The normalized spacial score (nSPS) is 13.6. The molecule has 144 valence electrons. The third-order valence-corrected chi connectivity index (χ3v) is 4.87. The molecule has 2 unspecified atom stereocenters. The summed E-state index contributed by atoms with van der Waals surface area (Å²) in [6.45, 7) is 3.67. The Morgan fingerprint density at radius 2 is 1.48 bits per heavy atom. The number of likely N-dealkylation sites (N-methyl/N-ethyl adjacent to an activating group) is 1. The average molecular weight is 368 g/mol. The van der Waals surface area contributed by atoms with Crippen LogP contribution in [0.4, 0.5) is 0 Å². The van der Waals surface area contributed by atoms with Gasteiger partial charge in [0.1, 0.15) is 5.60 Å². The van der Waals surface area contributed by atoms with E-state index in [0.29, 0.717) is 17.5 Å². The van der Waals surface area contributed by atoms with E-state index in [-0.39, 0.29) is 0 Å². The zero-order chi connectivity index (χ0) is 19.9. The maximum absolute atomic E-state index is 12.5. The van der Waals surface area contributed by atoms with Crippen LogP contribution in [0.3, 0.4) is 0 Å². The van der Waals surface area contributed by atoms with Gasteiger partial charge in [-0.25, -0.2) is 0 Å². The number of hydrogen-bond donors (Lipinski definition) is 3. The molecule has 2 aromatic rings. The first-order chi connectivity index (χ1) is 12.9. The van der Waals surface area contributed by atoms with E-state index in [9.17, 15) is 14.7 Å². The van der Waals surface area contributed by atoms with E-state index in [1.807, 2.05) is 67.6 Å². The van der Waals surface area contributed by atoms with Crippen LogP contribution >= 0.6 is 0 Å². The lowest BCUT2D eigenvalue weighted by Crippen LogP contribution is -2.53. The number of carbonyl (C=O) groups is 2. The van der Waals surface area contributed by atoms with E-state index in [1.165, 1.54) is 0 Å². The second kappa shape index (κ2) is 9.44. The summed E-state index contributed by atoms with van der Waals surface area (Å²) in [5.74, 6) is -1.21. The number of carbonyl (C=O) groups excluding carboxylic acids is 2. The minimum Gasteiger partial charge on any atom is -0.378 e. The minimum atomic E-state index is -1.46. The fourth-order valence-corrected chi connectivity index (χ4v) is 3.28. The molecule has 0 heterocycles. The van der Waals surface area contributed by atoms with Crippen molar-refractivity contribution in [2.75, 3.05) is 7.05 Å². The zero-order valence-electron chi connectivity index (χ0n) is 16.1. The van der Waals surface area contributed by atoms with Crippen LogP contribution in [0.2, 0.25) is 0 Å². The molecular weight excluding hydrogens is 340 g/mol. The lowest BCUT2D eigenvalue weighted by molar-refractivity contribution is -0.140. The van der Waals surface area contributed by atoms with Crippen molar-refractivity contribution in [1.82, 2.24) is 10.6 Å². The molecule has 0 saturated heterocycles. The molecule has 0 aromatic heterocycles. The standard InChI is InChI=1S/C22H28N2O3/c1-4-11-19(23-3)20(25)21(26)24-16(2)22(27,17-12-7-5-8-13-17)18-14-9-6-10-15-18/h5-10,12-16,19,23,27H,4,11H2,1-3H3,(H,24,26). The maximum atomic E-state index is 12.5. The van der Waals surface area contributed by atoms with Gasteiger partial charge in [0.25, 0.3) is 5.91 Å². The topological polar surface area (TPSA) is 78.4 Å². The molecule has 1 amide bonds. The third kappa shape index (κ3) is 4.62. The molecule has 0 aliphatic rings. The molecule has 5 nitrogen and oxygen atoms in total. The first-order valence-electron chi connectivity index (χ1n) is 9.30. The van der Waals surface area contributed by atoms with E-state index >= 15 is 0 Å². The highest BCUT2D eigenvalue weighted by Gasteiger charge is 2.39. The summed E-state index contributed by atoms with van der Waals surface area (Å²) in [7, 11) is 1.67. The van der Waals surface area contributed by atoms with Gasteiger partial charge in [0, 0.05) is 0 Å². The van der Waals surface area contributed by atoms with Gasteiger partial charge < -0.3 is 15.7 Å². The molecule has 0 fully saturated rings. The summed E-state index contributed by atoms with van der Waals surface area (Å²) >= 11 is 0. The van der Waals surface area contributed by atoms with Crippen LogP contribution in [0.15, 0.2) is 60.7 Å². The molecule has 2 aromatic carbocycles. The fourth-order valence-electron chi connectivity index (χ4n) is 3.28. The highest BCUT2D eigenvalue weighted by molar-refractivity contribution is 6.38. The smallest absolute Gasteiger partial charge is 0.289 e. The summed E-state index contributed by atoms with van der Waals surface area (Å²) in [5.41, 5.74) is -0.163. The Balaban J connectivity index is 2.32. The minimum absolute atomic E-state index is 0.519. The van der Waals surface area contributed by atoms with E-state index < -0.39 is 29.4 Å². The number of aliphatic hydroxyl groups is 1. The molecule has 2 atom stereocenters. The lowest BCUT2D eigenvalue weighted by Gasteiger charge is -2.35. The molecule has 0 radical (unpaired) electrons. The number of hydrogen-bond acceptors (Lipinski definition) is 4. The zero-order valence-corrected chi connectivity index (χ0v) is 16.1. The van der Waals surface area contributed by atoms with Crippen LogP contribution in [0.1, 0.15) is 37.8 Å². The Kier molecular flexibility index (Phi) is 7.28. The average Bonchev–Trinajstić information content (AvgIpc) is 2.72. The lowest BCUT2D eigenvalue weighted by atomic mass is 9.80. The number of nitrogens with one attached hydrogen (secondary N) is 2. The summed E-state index contributed by atoms with van der Waals surface area (Å²) < 4.78 is 0. The third-order valence-electron chi connectivity index (χ3n) is 4.87. The van der Waals surface area contributed by atoms with E-state index in [0.717, 1.165) is 6.42 Å². The maximum Gasteiger partial charge on any atom is 0.289 e. The van der Waals surface area contributed by atoms with Crippen molar-refractivity contribution < 1.29 is 14.7 Å². The number of amides is 1. The van der Waals surface area contributed by atoms with Crippen LogP contribution in [0.5, 0.6) is 0 Å². The summed E-state index contributed by atoms with van der Waals surface area (Å²) in [6.07, 6.45) is 1.37. The molecule has 5 heteroatoms. The molecular formula is C22H28N2O3. The molecule has 0 aliphatic carbocycles. The Labute approximate surface area is 160 Å². The molecule has 0 bridgehead atoms. The van der Waals surface area contributed by atoms with Crippen molar-refractivity contribution in [1.29, 1.82) is 0 Å². The van der Waals surface area contributed by atoms with Crippen molar-refractivity contribution >= 4 is 11.7 Å². The molecule has 0 aliphatic heterocycles. The molecule has 0 saturated carbocycles. The highest BCUT2D eigenvalue weighted by Crippen LogP contribution is 2.33. The van der Waals surface area contributed by atoms with Gasteiger partial charge in [0.05, 0.1) is 12.1 Å². The predicted molar refractivity (Wildman–Crippen MR) is 106 cm³/mol. The van der Waals surface area contributed by atoms with Crippen LogP contribution in [-0.4, -0.2) is 35.9 Å². The Morgan fingerprint density at radius 1 is 1.00 bits per heavy atom. The van der Waals surface area contributed by atoms with Crippen molar-refractivity contribution in [3.05, 3.63) is 71.8 Å². The number of Topliss-reactive ketones (excluding diaryl/α,β-unsaturated/α-hetero) is 1. The van der Waals surface area contributed by atoms with Crippen LogP contribution in [-0.2, 0) is 15.2 Å². The molecule has 0 spiro atoms. The van der Waals surface area contributed by atoms with Gasteiger partial charge in [0.15, 0.2) is 0 Å². The summed E-state index contributed by atoms with van der Waals surface area (Å²) in [5, 5.41) is 17.2. The van der Waals surface area contributed by atoms with Gasteiger partial charge in [-0.1, -0.05) is 74.0 Å². The number of rotatable bonds is 9. The molecule has 27 heavy (non-hydrogen) atoms. The molecule has 3 N–H and O–H groups in total. The van der Waals surface area contributed by atoms with Crippen LogP contribution < -0.4 is 10.6 Å². The van der Waals surface area contributed by atoms with Gasteiger partial charge >= 0.3 is 0 Å². The van der Waals surface area contributed by atoms with E-state index in [4.69, 9.17) is 0 Å². The Bertz CT molecular complexity index is 707. The van der Waals surface area contributed by atoms with Crippen molar-refractivity contribution in [2.45, 2.75) is 44.4 Å². The largest absolute Gasteiger partial charge is 0.378 e. The Hall–Kier alpha value is -2.50. The van der Waals surface area contributed by atoms with E-state index in [2.05, 4.69) is 10.6 Å². The number of benzene rings is 2. The van der Waals surface area contributed by atoms with Gasteiger partial charge in [-0.15, -0.1) is 0 Å². The first-order valence-corrected chi connectivity index (χ1v) is 9.30. The second-order valence-corrected chi connectivity index (χ2v) is 6.69. The van der Waals surface area contributed by atoms with Crippen LogP contribution in [0, 0.1) is 0 Å². The quantitative estimate of drug-likeness (QED) is 0.594. The second-order valence-electron chi connectivity index (χ2n) is 6.69. The van der Waals surface area contributed by atoms with Gasteiger partial charge in [-0.05, 0) is 31.5 Å². The Morgan fingerprint density at radius 3 is 1.89 bits per heavy atom. The highest BCUT2D eigenvalue weighted by atomic mass is 16.3. The van der Waals surface area contributed by atoms with Crippen molar-refractivity contribution in [3.8, 4) is 0 Å². The monoisotopic (exact) mass is 368 g/mol. The predicted octanol–water partition coefficient (Wildman–Crippen LogP) is 2.38. The van der Waals surface area contributed by atoms with Gasteiger partial charge in [0.2, 0.25) is 5.78 Å². The number of ketones is 1. The molecule has 2 rings (SSSR count).